The van der Waals surface area contributed by atoms with Crippen molar-refractivity contribution in [3.05, 3.63) is 73.2 Å². The smallest absolute Gasteiger partial charge is 0.273 e. The molecule has 2 heterocycles. The summed E-state index contributed by atoms with van der Waals surface area (Å²) in [5.74, 6) is 0. The summed E-state index contributed by atoms with van der Waals surface area (Å²) in [6, 6.07) is 6.08. The molecule has 24 heavy (non-hydrogen) atoms. The molecule has 3 rings (SSSR count). The zero-order valence-corrected chi connectivity index (χ0v) is 14.0. The minimum atomic E-state index is -0.460. The maximum absolute atomic E-state index is 12.6. The summed E-state index contributed by atoms with van der Waals surface area (Å²) in [5, 5.41) is 10.7. The van der Waals surface area contributed by atoms with Gasteiger partial charge in [-0.2, -0.15) is 0 Å². The second-order valence-electron chi connectivity index (χ2n) is 5.02. The monoisotopic (exact) mass is 360 g/mol. The van der Waals surface area contributed by atoms with Crippen molar-refractivity contribution in [2.75, 3.05) is 0 Å². The van der Waals surface area contributed by atoms with Crippen LogP contribution >= 0.6 is 23.6 Å². The zero-order valence-electron chi connectivity index (χ0n) is 12.4. The number of non-ortho nitro benzene ring substituents is 1. The molecule has 0 aliphatic heterocycles. The van der Waals surface area contributed by atoms with Crippen molar-refractivity contribution in [1.82, 2.24) is 14.1 Å². The van der Waals surface area contributed by atoms with Crippen LogP contribution in [0.5, 0.6) is 0 Å². The Morgan fingerprint density at radius 2 is 2.08 bits per heavy atom. The normalized spacial score (nSPS) is 10.8. The molecule has 0 unspecified atom stereocenters. The predicted octanol–water partition coefficient (Wildman–Crippen LogP) is 3.13. The van der Waals surface area contributed by atoms with Crippen molar-refractivity contribution < 1.29 is 4.92 Å². The molecule has 0 fully saturated rings. The molecule has 9 heteroatoms. The van der Waals surface area contributed by atoms with E-state index in [-0.39, 0.29) is 17.8 Å². The summed E-state index contributed by atoms with van der Waals surface area (Å²) in [7, 11) is 0. The van der Waals surface area contributed by atoms with Crippen molar-refractivity contribution in [3.63, 3.8) is 0 Å². The molecule has 0 N–H and O–H groups in total. The molecule has 0 amide bonds. The van der Waals surface area contributed by atoms with E-state index in [2.05, 4.69) is 11.6 Å². The number of nitro groups is 1. The van der Waals surface area contributed by atoms with E-state index in [4.69, 9.17) is 12.2 Å². The summed E-state index contributed by atoms with van der Waals surface area (Å²) in [6.07, 6.45) is 3.17. The summed E-state index contributed by atoms with van der Waals surface area (Å²) < 4.78 is 4.29. The van der Waals surface area contributed by atoms with Gasteiger partial charge in [0, 0.05) is 18.7 Å². The van der Waals surface area contributed by atoms with Gasteiger partial charge in [0.05, 0.1) is 11.5 Å². The molecule has 0 aliphatic rings. The Hall–Kier alpha value is -2.65. The number of aromatic nitrogens is 3. The van der Waals surface area contributed by atoms with Gasteiger partial charge in [-0.3, -0.25) is 19.5 Å². The van der Waals surface area contributed by atoms with E-state index in [0.717, 1.165) is 5.56 Å². The minimum absolute atomic E-state index is 0.0131. The lowest BCUT2D eigenvalue weighted by Gasteiger charge is -2.06. The SMILES string of the molecule is C=CCn1c(=S)sc2c(=O)n(Cc3ccc([N+](=O)[O-])cc3)cnc21. The third kappa shape index (κ3) is 2.91. The number of hydrogen-bond acceptors (Lipinski definition) is 6. The molecule has 0 atom stereocenters. The first-order chi connectivity index (χ1) is 11.5. The Morgan fingerprint density at radius 3 is 2.71 bits per heavy atom. The molecule has 3 aromatic rings. The van der Waals surface area contributed by atoms with Gasteiger partial charge in [0.1, 0.15) is 11.0 Å². The van der Waals surface area contributed by atoms with E-state index < -0.39 is 4.92 Å². The van der Waals surface area contributed by atoms with Crippen LogP contribution in [0.2, 0.25) is 0 Å². The summed E-state index contributed by atoms with van der Waals surface area (Å²) in [4.78, 5) is 27.2. The molecule has 0 saturated carbocycles. The number of benzene rings is 1. The molecule has 7 nitrogen and oxygen atoms in total. The summed E-state index contributed by atoms with van der Waals surface area (Å²) >= 11 is 6.49. The maximum Gasteiger partial charge on any atom is 0.273 e. The quantitative estimate of drug-likeness (QED) is 0.302. The fraction of sp³-hybridized carbons (Fsp3) is 0.133. The molecular formula is C15H12N4O3S2. The van der Waals surface area contributed by atoms with Crippen molar-refractivity contribution in [1.29, 1.82) is 0 Å². The van der Waals surface area contributed by atoms with E-state index in [1.54, 1.807) is 22.8 Å². The molecule has 0 bridgehead atoms. The van der Waals surface area contributed by atoms with E-state index in [9.17, 15) is 14.9 Å². The second kappa shape index (κ2) is 6.46. The standard InChI is InChI=1S/C15H12N4O3S2/c1-2-7-18-13-12(24-15(18)23)14(20)17(9-16-13)8-10-3-5-11(6-4-10)19(21)22/h2-6,9H,1,7-8H2. The number of allylic oxidation sites excluding steroid dienone is 1. The van der Waals surface area contributed by atoms with Crippen LogP contribution in [0, 0.1) is 14.1 Å². The van der Waals surface area contributed by atoms with E-state index in [1.807, 2.05) is 0 Å². The van der Waals surface area contributed by atoms with E-state index >= 15 is 0 Å². The fourth-order valence-electron chi connectivity index (χ4n) is 2.29. The van der Waals surface area contributed by atoms with Gasteiger partial charge in [0.25, 0.3) is 11.2 Å². The first kappa shape index (κ1) is 16.2. The highest BCUT2D eigenvalue weighted by molar-refractivity contribution is 7.73. The van der Waals surface area contributed by atoms with E-state index in [1.165, 1.54) is 34.4 Å². The Labute approximate surface area is 145 Å². The van der Waals surface area contributed by atoms with Crippen LogP contribution in [0.4, 0.5) is 5.69 Å². The third-order valence-corrected chi connectivity index (χ3v) is 4.88. The van der Waals surface area contributed by atoms with Crippen LogP contribution in [-0.4, -0.2) is 19.0 Å². The average molecular weight is 360 g/mol. The van der Waals surface area contributed by atoms with Crippen LogP contribution in [0.3, 0.4) is 0 Å². The largest absolute Gasteiger partial charge is 0.304 e. The van der Waals surface area contributed by atoms with Gasteiger partial charge < -0.3 is 4.57 Å². The molecule has 2 aromatic heterocycles. The van der Waals surface area contributed by atoms with Gasteiger partial charge in [-0.15, -0.1) is 6.58 Å². The Kier molecular flexibility index (Phi) is 4.36. The Morgan fingerprint density at radius 1 is 1.38 bits per heavy atom. The van der Waals surface area contributed by atoms with Crippen molar-refractivity contribution >= 4 is 39.6 Å². The second-order valence-corrected chi connectivity index (χ2v) is 6.67. The van der Waals surface area contributed by atoms with Crippen LogP contribution in [0.1, 0.15) is 5.56 Å². The number of thiazole rings is 1. The molecular weight excluding hydrogens is 348 g/mol. The fourth-order valence-corrected chi connectivity index (χ4v) is 3.61. The van der Waals surface area contributed by atoms with Gasteiger partial charge in [-0.25, -0.2) is 4.98 Å². The van der Waals surface area contributed by atoms with Crippen LogP contribution in [0.15, 0.2) is 48.0 Å². The van der Waals surface area contributed by atoms with Crippen LogP contribution in [0.25, 0.3) is 10.3 Å². The number of hydrogen-bond donors (Lipinski definition) is 0. The van der Waals surface area contributed by atoms with Crippen molar-refractivity contribution in [2.24, 2.45) is 0 Å². The first-order valence-corrected chi connectivity index (χ1v) is 8.16. The third-order valence-electron chi connectivity index (χ3n) is 3.45. The minimum Gasteiger partial charge on any atom is -0.304 e. The number of fused-ring (bicyclic) bond motifs is 1. The molecule has 122 valence electrons. The van der Waals surface area contributed by atoms with Gasteiger partial charge in [-0.1, -0.05) is 29.5 Å². The van der Waals surface area contributed by atoms with Gasteiger partial charge in [0.15, 0.2) is 9.60 Å². The molecule has 0 aliphatic carbocycles. The molecule has 0 radical (unpaired) electrons. The lowest BCUT2D eigenvalue weighted by atomic mass is 10.2. The highest BCUT2D eigenvalue weighted by Gasteiger charge is 2.12. The number of nitrogens with zero attached hydrogens (tertiary/aromatic N) is 4. The zero-order chi connectivity index (χ0) is 17.3. The van der Waals surface area contributed by atoms with Crippen LogP contribution < -0.4 is 5.56 Å². The van der Waals surface area contributed by atoms with Gasteiger partial charge in [-0.05, 0) is 17.8 Å². The lowest BCUT2D eigenvalue weighted by Crippen LogP contribution is -2.20. The molecule has 0 spiro atoms. The Balaban J connectivity index is 2.00. The number of nitro benzene ring substituents is 1. The van der Waals surface area contributed by atoms with Gasteiger partial charge in [0.2, 0.25) is 0 Å². The summed E-state index contributed by atoms with van der Waals surface area (Å²) in [5.41, 5.74) is 1.16. The molecule has 1 aromatic carbocycles. The summed E-state index contributed by atoms with van der Waals surface area (Å²) in [6.45, 7) is 4.46. The molecule has 0 saturated heterocycles. The number of rotatable bonds is 5. The Bertz CT molecular complexity index is 1050. The van der Waals surface area contributed by atoms with E-state index in [0.29, 0.717) is 20.8 Å². The maximum atomic E-state index is 12.6. The van der Waals surface area contributed by atoms with Crippen molar-refractivity contribution in [3.8, 4) is 0 Å². The topological polar surface area (TPSA) is 83.0 Å². The average Bonchev–Trinajstić information content (AvgIpc) is 2.88. The highest BCUT2D eigenvalue weighted by atomic mass is 32.1. The lowest BCUT2D eigenvalue weighted by molar-refractivity contribution is -0.384. The first-order valence-electron chi connectivity index (χ1n) is 6.94. The van der Waals surface area contributed by atoms with Crippen molar-refractivity contribution in [2.45, 2.75) is 13.1 Å². The predicted molar refractivity (Wildman–Crippen MR) is 95.1 cm³/mol. The van der Waals surface area contributed by atoms with Gasteiger partial charge >= 0.3 is 0 Å². The highest BCUT2D eigenvalue weighted by Crippen LogP contribution is 2.18. The van der Waals surface area contributed by atoms with Crippen LogP contribution in [-0.2, 0) is 13.1 Å².